The number of esters is 1. The van der Waals surface area contributed by atoms with Gasteiger partial charge in [0.25, 0.3) is 0 Å². The van der Waals surface area contributed by atoms with Gasteiger partial charge in [0, 0.05) is 6.42 Å². The second-order valence-corrected chi connectivity index (χ2v) is 15.5. The average Bonchev–Trinajstić information content (AvgIpc) is 3.07. The van der Waals surface area contributed by atoms with E-state index in [1.807, 2.05) is 0 Å². The minimum atomic E-state index is 0.0520. The van der Waals surface area contributed by atoms with Crippen molar-refractivity contribution in [1.29, 1.82) is 0 Å². The summed E-state index contributed by atoms with van der Waals surface area (Å²) >= 11 is 0. The van der Waals surface area contributed by atoms with E-state index in [0.29, 0.717) is 13.0 Å². The molecule has 0 amide bonds. The van der Waals surface area contributed by atoms with Gasteiger partial charge in [0.1, 0.15) is 0 Å². The van der Waals surface area contributed by atoms with E-state index in [1.54, 1.807) is 0 Å². The van der Waals surface area contributed by atoms with Gasteiger partial charge in [-0.05, 0) is 18.8 Å². The fourth-order valence-electron chi connectivity index (χ4n) is 7.33. The third kappa shape index (κ3) is 39.8. The number of ether oxygens (including phenoxy) is 1. The zero-order valence-corrected chi connectivity index (χ0v) is 33.2. The molecule has 282 valence electrons. The Morgan fingerprint density at radius 3 is 0.894 bits per heavy atom. The van der Waals surface area contributed by atoms with Gasteiger partial charge in [0.05, 0.1) is 6.61 Å². The molecule has 2 heteroatoms. The molecule has 0 aromatic carbocycles. The van der Waals surface area contributed by atoms with Crippen LogP contribution in [0.3, 0.4) is 0 Å². The highest BCUT2D eigenvalue weighted by molar-refractivity contribution is 5.69. The molecule has 0 N–H and O–H groups in total. The number of carbonyl (C=O) groups excluding carboxylic acids is 1. The van der Waals surface area contributed by atoms with Gasteiger partial charge >= 0.3 is 5.97 Å². The van der Waals surface area contributed by atoms with Crippen LogP contribution in [0.5, 0.6) is 0 Å². The van der Waals surface area contributed by atoms with Crippen LogP contribution < -0.4 is 0 Å². The Balaban J connectivity index is 3.98. The van der Waals surface area contributed by atoms with Crippen LogP contribution in [0.25, 0.3) is 0 Å². The van der Waals surface area contributed by atoms with Gasteiger partial charge < -0.3 is 4.74 Å². The first-order valence-corrected chi connectivity index (χ1v) is 22.4. The van der Waals surface area contributed by atoms with Crippen LogP contribution in [-0.2, 0) is 9.53 Å². The van der Waals surface area contributed by atoms with Crippen LogP contribution in [0.15, 0.2) is 0 Å². The Kier molecular flexibility index (Phi) is 41.2. The monoisotopic (exact) mass is 663 g/mol. The average molecular weight is 663 g/mol. The molecule has 0 saturated carbocycles. The van der Waals surface area contributed by atoms with E-state index in [1.165, 1.54) is 231 Å². The number of hydrogen-bond acceptors (Lipinski definition) is 2. The van der Waals surface area contributed by atoms with E-state index in [9.17, 15) is 4.79 Å². The summed E-state index contributed by atoms with van der Waals surface area (Å²) in [5.41, 5.74) is 0. The molecular formula is C45H90O2. The van der Waals surface area contributed by atoms with Crippen molar-refractivity contribution in [3.8, 4) is 0 Å². The maximum atomic E-state index is 12.4. The Labute approximate surface area is 298 Å². The fraction of sp³-hybridized carbons (Fsp3) is 0.978. The first kappa shape index (κ1) is 46.5. The van der Waals surface area contributed by atoms with Crippen LogP contribution in [0.1, 0.15) is 271 Å². The molecule has 0 saturated heterocycles. The van der Waals surface area contributed by atoms with Crippen molar-refractivity contribution in [3.63, 3.8) is 0 Å². The molecule has 0 spiro atoms. The highest BCUT2D eigenvalue weighted by atomic mass is 16.5. The van der Waals surface area contributed by atoms with E-state index >= 15 is 0 Å². The first-order chi connectivity index (χ1) is 23.2. The van der Waals surface area contributed by atoms with E-state index in [4.69, 9.17) is 4.74 Å². The largest absolute Gasteiger partial charge is 0.466 e. The third-order valence-corrected chi connectivity index (χ3v) is 10.7. The fourth-order valence-corrected chi connectivity index (χ4v) is 7.33. The molecule has 0 fully saturated rings. The Hall–Kier alpha value is -0.530. The smallest absolute Gasteiger partial charge is 0.305 e. The topological polar surface area (TPSA) is 26.3 Å². The van der Waals surface area contributed by atoms with Crippen molar-refractivity contribution in [2.45, 2.75) is 271 Å². The van der Waals surface area contributed by atoms with Crippen LogP contribution in [0, 0.1) is 5.92 Å². The summed E-state index contributed by atoms with van der Waals surface area (Å²) < 4.78 is 5.75. The Bertz CT molecular complexity index is 572. The molecule has 0 heterocycles. The van der Waals surface area contributed by atoms with Crippen molar-refractivity contribution in [2.75, 3.05) is 6.61 Å². The quantitative estimate of drug-likeness (QED) is 0.0481. The lowest BCUT2D eigenvalue weighted by Crippen LogP contribution is -2.10. The minimum absolute atomic E-state index is 0.0520. The highest BCUT2D eigenvalue weighted by Gasteiger charge is 2.11. The van der Waals surface area contributed by atoms with Gasteiger partial charge in [-0.2, -0.15) is 0 Å². The van der Waals surface area contributed by atoms with Crippen molar-refractivity contribution in [1.82, 2.24) is 0 Å². The summed E-state index contributed by atoms with van der Waals surface area (Å²) in [4.78, 5) is 12.4. The van der Waals surface area contributed by atoms with Crippen molar-refractivity contribution < 1.29 is 9.53 Å². The number of rotatable bonds is 41. The molecule has 0 rings (SSSR count). The lowest BCUT2D eigenvalue weighted by atomic mass is 9.91. The molecular weight excluding hydrogens is 572 g/mol. The molecule has 1 unspecified atom stereocenters. The lowest BCUT2D eigenvalue weighted by Gasteiger charge is -2.17. The van der Waals surface area contributed by atoms with Gasteiger partial charge in [-0.15, -0.1) is 0 Å². The van der Waals surface area contributed by atoms with Crippen LogP contribution in [0.2, 0.25) is 0 Å². The summed E-state index contributed by atoms with van der Waals surface area (Å²) in [5, 5.41) is 0. The summed E-state index contributed by atoms with van der Waals surface area (Å²) in [7, 11) is 0. The minimum Gasteiger partial charge on any atom is -0.466 e. The van der Waals surface area contributed by atoms with Crippen LogP contribution in [0.4, 0.5) is 0 Å². The summed E-state index contributed by atoms with van der Waals surface area (Å²) in [6, 6.07) is 0. The second-order valence-electron chi connectivity index (χ2n) is 15.5. The molecule has 0 aliphatic carbocycles. The maximum Gasteiger partial charge on any atom is 0.305 e. The molecule has 0 aromatic rings. The van der Waals surface area contributed by atoms with Gasteiger partial charge in [-0.25, -0.2) is 0 Å². The Morgan fingerprint density at radius 1 is 0.340 bits per heavy atom. The Morgan fingerprint density at radius 2 is 0.596 bits per heavy atom. The highest BCUT2D eigenvalue weighted by Crippen LogP contribution is 2.23. The van der Waals surface area contributed by atoms with E-state index in [2.05, 4.69) is 20.8 Å². The summed E-state index contributed by atoms with van der Waals surface area (Å²) in [6.45, 7) is 7.55. The zero-order valence-electron chi connectivity index (χ0n) is 33.2. The van der Waals surface area contributed by atoms with E-state index in [0.717, 1.165) is 18.8 Å². The number of unbranched alkanes of at least 4 members (excludes halogenated alkanes) is 32. The van der Waals surface area contributed by atoms with Gasteiger partial charge in [-0.3, -0.25) is 4.79 Å². The SMILES string of the molecule is CCCCCCCCCCCCCCCC(=O)OCCC(CCCCCCCCCCCC)CCCCCCCCCCCCCC. The van der Waals surface area contributed by atoms with Crippen molar-refractivity contribution in [3.05, 3.63) is 0 Å². The zero-order chi connectivity index (χ0) is 34.1. The number of carbonyl (C=O) groups is 1. The normalized spacial score (nSPS) is 12.1. The van der Waals surface area contributed by atoms with Crippen LogP contribution in [-0.4, -0.2) is 12.6 Å². The van der Waals surface area contributed by atoms with E-state index in [-0.39, 0.29) is 5.97 Å². The van der Waals surface area contributed by atoms with Gasteiger partial charge in [0.15, 0.2) is 0 Å². The molecule has 2 nitrogen and oxygen atoms in total. The summed E-state index contributed by atoms with van der Waals surface area (Å²) in [5.74, 6) is 0.799. The maximum absolute atomic E-state index is 12.4. The molecule has 0 bridgehead atoms. The molecule has 1 atom stereocenters. The molecule has 47 heavy (non-hydrogen) atoms. The third-order valence-electron chi connectivity index (χ3n) is 10.7. The number of hydrogen-bond donors (Lipinski definition) is 0. The van der Waals surface area contributed by atoms with Crippen LogP contribution >= 0.6 is 0 Å². The van der Waals surface area contributed by atoms with Crippen molar-refractivity contribution in [2.24, 2.45) is 5.92 Å². The van der Waals surface area contributed by atoms with Gasteiger partial charge in [0.2, 0.25) is 0 Å². The van der Waals surface area contributed by atoms with Crippen molar-refractivity contribution >= 4 is 5.97 Å². The molecule has 0 aromatic heterocycles. The molecule has 0 radical (unpaired) electrons. The lowest BCUT2D eigenvalue weighted by molar-refractivity contribution is -0.144. The molecule has 0 aliphatic heterocycles. The predicted octanol–water partition coefficient (Wildman–Crippen LogP) is 16.4. The summed E-state index contributed by atoms with van der Waals surface area (Å²) in [6.07, 6.45) is 53.0. The van der Waals surface area contributed by atoms with E-state index < -0.39 is 0 Å². The standard InChI is InChI=1S/C45H90O2/c1-4-7-10-13-16-19-22-24-26-29-32-35-38-41-45(46)47-43-42-44(39-36-33-30-27-21-18-15-12-9-6-3)40-37-34-31-28-25-23-20-17-14-11-8-5-2/h44H,4-43H2,1-3H3. The molecule has 0 aliphatic rings. The van der Waals surface area contributed by atoms with Gasteiger partial charge in [-0.1, -0.05) is 252 Å². The first-order valence-electron chi connectivity index (χ1n) is 22.4. The second kappa shape index (κ2) is 41.6. The predicted molar refractivity (Wildman–Crippen MR) is 212 cm³/mol.